The molecule has 1 aliphatic rings. The molecule has 0 unspecified atom stereocenters. The fourth-order valence-corrected chi connectivity index (χ4v) is 10.1. The molecule has 0 bridgehead atoms. The van der Waals surface area contributed by atoms with Crippen molar-refractivity contribution in [1.82, 2.24) is 30.6 Å². The second-order valence-electron chi connectivity index (χ2n) is 20.1. The van der Waals surface area contributed by atoms with Gasteiger partial charge >= 0.3 is 6.09 Å². The number of phenols is 1. The summed E-state index contributed by atoms with van der Waals surface area (Å²) in [6.07, 6.45) is 4.93. The smallest absolute Gasteiger partial charge is 0.412 e. The van der Waals surface area contributed by atoms with E-state index in [1.165, 1.54) is 6.07 Å². The Labute approximate surface area is 378 Å². The van der Waals surface area contributed by atoms with Crippen LogP contribution in [-0.2, 0) is 23.9 Å². The molecule has 0 saturated heterocycles. The van der Waals surface area contributed by atoms with Gasteiger partial charge in [-0.25, -0.2) is 9.48 Å². The Balaban J connectivity index is 0.998. The highest BCUT2D eigenvalue weighted by atomic mass is 28.4. The van der Waals surface area contributed by atoms with Gasteiger partial charge in [0.25, 0.3) is 0 Å². The summed E-state index contributed by atoms with van der Waals surface area (Å²) in [4.78, 5) is 29.7. The zero-order valence-electron chi connectivity index (χ0n) is 38.9. The van der Waals surface area contributed by atoms with Crippen molar-refractivity contribution in [2.24, 2.45) is 0 Å². The molecular weight excluding hydrogens is 819 g/mol. The van der Waals surface area contributed by atoms with Gasteiger partial charge in [0.2, 0.25) is 5.56 Å². The average Bonchev–Trinajstić information content (AvgIpc) is 3.64. The van der Waals surface area contributed by atoms with Crippen molar-refractivity contribution >= 4 is 42.0 Å². The quantitative estimate of drug-likeness (QED) is 0.0471. The minimum atomic E-state index is -2.22. The molecule has 0 radical (unpaired) electrons. The summed E-state index contributed by atoms with van der Waals surface area (Å²) in [5.74, 6) is 0.0292. The van der Waals surface area contributed by atoms with E-state index in [1.54, 1.807) is 17.0 Å². The summed E-state index contributed by atoms with van der Waals surface area (Å²) in [5.41, 5.74) is 7.80. The third-order valence-corrected chi connectivity index (χ3v) is 17.6. The number of aromatic amines is 1. The fraction of sp³-hybridized carbons (Fsp3) is 0.451. The van der Waals surface area contributed by atoms with Gasteiger partial charge < -0.3 is 30.3 Å². The molecule has 6 aromatic rings. The van der Waals surface area contributed by atoms with E-state index >= 15 is 0 Å². The van der Waals surface area contributed by atoms with Crippen LogP contribution in [0.4, 0.5) is 10.5 Å². The number of aromatic hydroxyl groups is 1. The van der Waals surface area contributed by atoms with Gasteiger partial charge in [0.1, 0.15) is 11.3 Å². The molecule has 7 rings (SSSR count). The number of carboxylic acid groups (broad SMARTS) is 1. The Hall–Kier alpha value is -5.34. The first-order valence-corrected chi connectivity index (χ1v) is 25.8. The normalized spacial score (nSPS) is 16.6. The number of pyridine rings is 1. The molecule has 1 amide bonds. The van der Waals surface area contributed by atoms with Crippen molar-refractivity contribution in [2.45, 2.75) is 141 Å². The molecule has 64 heavy (non-hydrogen) atoms. The minimum absolute atomic E-state index is 0.0198. The molecule has 1 aliphatic carbocycles. The number of aryl methyl sites for hydroxylation is 2. The van der Waals surface area contributed by atoms with E-state index in [1.807, 2.05) is 28.9 Å². The molecule has 1 fully saturated rings. The van der Waals surface area contributed by atoms with Crippen molar-refractivity contribution in [2.75, 3.05) is 11.4 Å². The Morgan fingerprint density at radius 2 is 1.66 bits per heavy atom. The van der Waals surface area contributed by atoms with Crippen molar-refractivity contribution in [3.05, 3.63) is 118 Å². The highest BCUT2D eigenvalue weighted by molar-refractivity contribution is 6.74. The molecular formula is C51H67N7O5Si. The highest BCUT2D eigenvalue weighted by Gasteiger charge is 2.40. The summed E-state index contributed by atoms with van der Waals surface area (Å²) in [7, 11) is -2.22. The van der Waals surface area contributed by atoms with Gasteiger partial charge in [-0.1, -0.05) is 80.6 Å². The third kappa shape index (κ3) is 11.1. The minimum Gasteiger partial charge on any atom is -0.506 e. The third-order valence-electron chi connectivity index (χ3n) is 13.1. The zero-order chi connectivity index (χ0) is 45.8. The number of phenolic OH excluding ortho intramolecular Hbond substituents is 1. The summed E-state index contributed by atoms with van der Waals surface area (Å²) in [6.45, 7) is 19.5. The van der Waals surface area contributed by atoms with Gasteiger partial charge in [-0.05, 0) is 136 Å². The summed E-state index contributed by atoms with van der Waals surface area (Å²) in [5, 5.41) is 38.4. The Bertz CT molecular complexity index is 2600. The monoisotopic (exact) mass is 885 g/mol. The number of aromatic nitrogens is 4. The summed E-state index contributed by atoms with van der Waals surface area (Å²) >= 11 is 0. The first kappa shape index (κ1) is 46.6. The van der Waals surface area contributed by atoms with Crippen LogP contribution in [0.1, 0.15) is 103 Å². The van der Waals surface area contributed by atoms with Crippen LogP contribution in [0.3, 0.4) is 0 Å². The number of nitrogens with zero attached hydrogens (tertiary/aromatic N) is 4. The van der Waals surface area contributed by atoms with E-state index < -0.39 is 14.4 Å². The second kappa shape index (κ2) is 19.4. The molecule has 1 atom stereocenters. The predicted octanol–water partition coefficient (Wildman–Crippen LogP) is 10.7. The lowest BCUT2D eigenvalue weighted by atomic mass is 9.88. The molecule has 0 aliphatic heterocycles. The topological polar surface area (TPSA) is 158 Å². The average molecular weight is 886 g/mol. The molecule has 5 N–H and O–H groups in total. The number of unbranched alkanes of at least 4 members (excludes halogenated alkanes) is 1. The molecule has 2 heterocycles. The maximum absolute atomic E-state index is 13.1. The lowest BCUT2D eigenvalue weighted by Gasteiger charge is -2.39. The Morgan fingerprint density at radius 3 is 2.36 bits per heavy atom. The summed E-state index contributed by atoms with van der Waals surface area (Å²) in [6, 6.07) is 29.8. The maximum atomic E-state index is 13.1. The van der Waals surface area contributed by atoms with Crippen molar-refractivity contribution in [3.8, 4) is 16.9 Å². The lowest BCUT2D eigenvalue weighted by Crippen LogP contribution is -2.49. The van der Waals surface area contributed by atoms with Crippen LogP contribution >= 0.6 is 0 Å². The standard InChI is InChI=1S/C51H67N7O5Si/c1-50(2,3)54-37-19-21-38(22-20-37)58(49(61)62)44-31-34(17-23-39(44)36-15-10-9-11-16-36)14-12-13-29-57-43-26-18-35(30-42(43)55-56-57)32-52-33-46(63-64(7,8)51(4,5)6)40-24-27-45(59)48-41(40)25-28-47(60)53-48/h9-11,15-18,23-28,30-31,37-38,46,52,54,59H,12-14,19-22,29,32-33H2,1-8H3,(H,53,60)(H,61,62)/t37-,38-,46-/m0/s1. The van der Waals surface area contributed by atoms with Crippen LogP contribution in [0.2, 0.25) is 18.1 Å². The molecule has 13 heteroatoms. The van der Waals surface area contributed by atoms with Crippen LogP contribution in [-0.4, -0.2) is 68.8 Å². The van der Waals surface area contributed by atoms with Crippen LogP contribution in [0, 0.1) is 0 Å². The van der Waals surface area contributed by atoms with Crippen molar-refractivity contribution in [1.29, 1.82) is 0 Å². The fourth-order valence-electron chi connectivity index (χ4n) is 8.86. The van der Waals surface area contributed by atoms with Crippen molar-refractivity contribution in [3.63, 3.8) is 0 Å². The SMILES string of the molecule is CC(C)(C)N[C@H]1CC[C@H](N(C(=O)O)c2cc(CCCCn3nnc4cc(CNC[C@H](O[Si](C)(C)C(C)(C)C)c5ccc(O)c6[nH]c(=O)ccc56)ccc43)ccc2-c2ccccc2)CC1. The molecule has 4 aromatic carbocycles. The number of fused-ring (bicyclic) bond motifs is 2. The van der Waals surface area contributed by atoms with Gasteiger partial charge in [0.15, 0.2) is 8.32 Å². The van der Waals surface area contributed by atoms with E-state index in [-0.39, 0.29) is 34.0 Å². The molecule has 0 spiro atoms. The van der Waals surface area contributed by atoms with Gasteiger partial charge in [-0.15, -0.1) is 5.10 Å². The Morgan fingerprint density at radius 1 is 0.922 bits per heavy atom. The maximum Gasteiger partial charge on any atom is 0.412 e. The van der Waals surface area contributed by atoms with Gasteiger partial charge in [-0.2, -0.15) is 0 Å². The van der Waals surface area contributed by atoms with Crippen LogP contribution in [0.25, 0.3) is 33.1 Å². The molecule has 2 aromatic heterocycles. The van der Waals surface area contributed by atoms with Crippen LogP contribution < -0.4 is 21.1 Å². The number of benzene rings is 4. The van der Waals surface area contributed by atoms with Gasteiger partial charge in [-0.3, -0.25) is 9.69 Å². The van der Waals surface area contributed by atoms with E-state index in [4.69, 9.17) is 4.43 Å². The molecule has 340 valence electrons. The number of carbonyl (C=O) groups is 1. The van der Waals surface area contributed by atoms with Crippen molar-refractivity contribution < 1.29 is 19.4 Å². The predicted molar refractivity (Wildman–Crippen MR) is 261 cm³/mol. The first-order valence-electron chi connectivity index (χ1n) is 22.9. The van der Waals surface area contributed by atoms with Crippen LogP contribution in [0.5, 0.6) is 5.75 Å². The number of hydrogen-bond donors (Lipinski definition) is 5. The highest BCUT2D eigenvalue weighted by Crippen LogP contribution is 2.41. The number of H-pyrrole nitrogens is 1. The molecule has 1 saturated carbocycles. The van der Waals surface area contributed by atoms with Gasteiger partial charge in [0.05, 0.1) is 22.8 Å². The lowest BCUT2D eigenvalue weighted by molar-refractivity contribution is 0.181. The number of rotatable bonds is 16. The van der Waals surface area contributed by atoms with Gasteiger partial charge in [0, 0.05) is 54.3 Å². The number of hydrogen-bond acceptors (Lipinski definition) is 8. The molecule has 12 nitrogen and oxygen atoms in total. The summed E-state index contributed by atoms with van der Waals surface area (Å²) < 4.78 is 8.96. The van der Waals surface area contributed by atoms with Crippen LogP contribution in [0.15, 0.2) is 95.8 Å². The number of amides is 1. The van der Waals surface area contributed by atoms with E-state index in [9.17, 15) is 19.8 Å². The van der Waals surface area contributed by atoms with E-state index in [0.717, 1.165) is 94.9 Å². The number of nitrogens with one attached hydrogen (secondary N) is 3. The second-order valence-corrected chi connectivity index (χ2v) is 24.9. The first-order chi connectivity index (χ1) is 30.4. The largest absolute Gasteiger partial charge is 0.506 e. The Kier molecular flexibility index (Phi) is 14.1. The zero-order valence-corrected chi connectivity index (χ0v) is 39.9. The number of anilines is 1. The van der Waals surface area contributed by atoms with E-state index in [0.29, 0.717) is 31.2 Å². The van der Waals surface area contributed by atoms with E-state index in [2.05, 4.69) is 129 Å².